The summed E-state index contributed by atoms with van der Waals surface area (Å²) in [5.41, 5.74) is 7.87. The number of anilines is 1. The van der Waals surface area contributed by atoms with E-state index >= 15 is 0 Å². The third-order valence-corrected chi connectivity index (χ3v) is 6.43. The molecule has 11 heteroatoms. The number of halogens is 3. The van der Waals surface area contributed by atoms with Gasteiger partial charge in [0.05, 0.1) is 17.3 Å². The van der Waals surface area contributed by atoms with Crippen LogP contribution in [0.15, 0.2) is 36.8 Å². The van der Waals surface area contributed by atoms with Crippen molar-refractivity contribution in [2.24, 2.45) is 0 Å². The number of rotatable bonds is 5. The zero-order chi connectivity index (χ0) is 23.7. The number of carbonyl (C=O) groups is 1. The van der Waals surface area contributed by atoms with Gasteiger partial charge in [-0.2, -0.15) is 5.10 Å². The summed E-state index contributed by atoms with van der Waals surface area (Å²) >= 11 is 12.3. The molecule has 8 nitrogen and oxygen atoms in total. The molecule has 0 radical (unpaired) electrons. The number of pyridine rings is 1. The molecule has 1 aliphatic heterocycles. The molecule has 1 fully saturated rings. The molecule has 1 saturated heterocycles. The Hall–Kier alpha value is -3.04. The van der Waals surface area contributed by atoms with Gasteiger partial charge in [-0.05, 0) is 38.0 Å². The van der Waals surface area contributed by atoms with Crippen LogP contribution in [0.4, 0.5) is 15.0 Å². The number of nitrogens with two attached hydrogens (primary N) is 1. The molecule has 0 unspecified atom stereocenters. The number of nitrogen functional groups attached to an aromatic ring is 1. The third-order valence-electron chi connectivity index (χ3n) is 5.72. The van der Waals surface area contributed by atoms with Crippen LogP contribution in [0.3, 0.4) is 0 Å². The van der Waals surface area contributed by atoms with E-state index in [0.717, 1.165) is 11.1 Å². The lowest BCUT2D eigenvalue weighted by molar-refractivity contribution is 0.124. The number of hydrogen-bond donors (Lipinski definition) is 2. The molecule has 4 rings (SSSR count). The van der Waals surface area contributed by atoms with Crippen LogP contribution in [-0.2, 0) is 0 Å². The van der Waals surface area contributed by atoms with Gasteiger partial charge in [0.25, 0.3) is 0 Å². The van der Waals surface area contributed by atoms with Gasteiger partial charge in [-0.3, -0.25) is 4.68 Å². The number of amides is 1. The first-order valence-corrected chi connectivity index (χ1v) is 11.1. The fourth-order valence-corrected chi connectivity index (χ4v) is 4.56. The number of likely N-dealkylation sites (tertiary alicyclic amines) is 1. The van der Waals surface area contributed by atoms with E-state index in [0.29, 0.717) is 37.2 Å². The van der Waals surface area contributed by atoms with E-state index in [2.05, 4.69) is 10.1 Å². The second kappa shape index (κ2) is 9.44. The lowest BCUT2D eigenvalue weighted by Gasteiger charge is -2.30. The minimum Gasteiger partial charge on any atom is -0.482 e. The van der Waals surface area contributed by atoms with E-state index in [1.165, 1.54) is 17.0 Å². The Labute approximate surface area is 199 Å². The van der Waals surface area contributed by atoms with Gasteiger partial charge in [0.15, 0.2) is 11.6 Å². The predicted octanol–water partition coefficient (Wildman–Crippen LogP) is 5.43. The molecule has 2 aromatic heterocycles. The Balaban J connectivity index is 1.53. The smallest absolute Gasteiger partial charge is 0.407 e. The first-order chi connectivity index (χ1) is 15.7. The van der Waals surface area contributed by atoms with Crippen molar-refractivity contribution in [2.75, 3.05) is 18.8 Å². The van der Waals surface area contributed by atoms with Crippen molar-refractivity contribution < 1.29 is 19.0 Å². The van der Waals surface area contributed by atoms with Crippen LogP contribution >= 0.6 is 23.2 Å². The molecule has 33 heavy (non-hydrogen) atoms. The van der Waals surface area contributed by atoms with Crippen molar-refractivity contribution in [2.45, 2.75) is 31.9 Å². The Bertz CT molecular complexity index is 1180. The third kappa shape index (κ3) is 4.84. The van der Waals surface area contributed by atoms with E-state index in [1.807, 2.05) is 10.9 Å². The van der Waals surface area contributed by atoms with Gasteiger partial charge in [0.1, 0.15) is 11.9 Å². The number of carboxylic acid groups (broad SMARTS) is 1. The maximum atomic E-state index is 13.9. The lowest BCUT2D eigenvalue weighted by Crippen LogP contribution is -2.38. The van der Waals surface area contributed by atoms with Gasteiger partial charge in [-0.15, -0.1) is 0 Å². The molecular weight excluding hydrogens is 472 g/mol. The summed E-state index contributed by atoms with van der Waals surface area (Å²) in [6.07, 6.45) is 5.02. The van der Waals surface area contributed by atoms with E-state index < -0.39 is 18.0 Å². The summed E-state index contributed by atoms with van der Waals surface area (Å²) in [5, 5.41) is 13.8. The maximum absolute atomic E-state index is 13.9. The number of aromatic nitrogens is 3. The molecule has 0 saturated carbocycles. The van der Waals surface area contributed by atoms with Gasteiger partial charge in [0, 0.05) is 47.2 Å². The van der Waals surface area contributed by atoms with E-state index in [1.54, 1.807) is 25.4 Å². The molecular formula is C22H22Cl2FN5O3. The number of nitrogens with zero attached hydrogens (tertiary/aromatic N) is 4. The molecule has 3 aromatic rings. The topological polar surface area (TPSA) is 106 Å². The Morgan fingerprint density at radius 2 is 2.00 bits per heavy atom. The summed E-state index contributed by atoms with van der Waals surface area (Å²) < 4.78 is 21.7. The normalized spacial score (nSPS) is 15.5. The molecule has 1 aliphatic rings. The minimum atomic E-state index is -0.898. The van der Waals surface area contributed by atoms with E-state index in [9.17, 15) is 9.18 Å². The standard InChI is InChI=1S/C22H22Cl2FN5O3/c1-12(19-16(23)2-3-17(25)20(19)24)33-18-8-13(9-27-21(18)26)14-10-28-30(11-14)15-4-6-29(7-5-15)22(31)32/h2-3,8-12,15H,4-7H2,1H3,(H2,26,27)(H,31,32)/t12-/m0/s1. The highest BCUT2D eigenvalue weighted by molar-refractivity contribution is 6.36. The van der Waals surface area contributed by atoms with Crippen molar-refractivity contribution >= 4 is 35.1 Å². The van der Waals surface area contributed by atoms with E-state index in [4.69, 9.17) is 38.8 Å². The molecule has 1 amide bonds. The molecule has 3 N–H and O–H groups in total. The lowest BCUT2D eigenvalue weighted by atomic mass is 10.1. The Kier molecular flexibility index (Phi) is 6.62. The second-order valence-electron chi connectivity index (χ2n) is 7.83. The summed E-state index contributed by atoms with van der Waals surface area (Å²) in [7, 11) is 0. The Morgan fingerprint density at radius 3 is 2.70 bits per heavy atom. The first kappa shape index (κ1) is 23.1. The highest BCUT2D eigenvalue weighted by Gasteiger charge is 2.24. The zero-order valence-corrected chi connectivity index (χ0v) is 19.2. The molecule has 1 atom stereocenters. The largest absolute Gasteiger partial charge is 0.482 e. The van der Waals surface area contributed by atoms with Gasteiger partial charge in [-0.1, -0.05) is 23.2 Å². The minimum absolute atomic E-state index is 0.104. The van der Waals surface area contributed by atoms with Crippen molar-refractivity contribution in [3.05, 3.63) is 58.2 Å². The van der Waals surface area contributed by atoms with Crippen molar-refractivity contribution in [1.82, 2.24) is 19.7 Å². The maximum Gasteiger partial charge on any atom is 0.407 e. The van der Waals surface area contributed by atoms with Gasteiger partial charge in [-0.25, -0.2) is 14.2 Å². The highest BCUT2D eigenvalue weighted by Crippen LogP contribution is 2.37. The van der Waals surface area contributed by atoms with Crippen LogP contribution in [0.25, 0.3) is 11.1 Å². The quantitative estimate of drug-likeness (QED) is 0.459. The SMILES string of the molecule is C[C@H](Oc1cc(-c2cnn(C3CCN(C(=O)O)CC3)c2)cnc1N)c1c(Cl)ccc(F)c1Cl. The number of piperidine rings is 1. The molecule has 0 bridgehead atoms. The first-order valence-electron chi connectivity index (χ1n) is 10.3. The summed E-state index contributed by atoms with van der Waals surface area (Å²) in [6.45, 7) is 2.64. The van der Waals surface area contributed by atoms with E-state index in [-0.39, 0.29) is 21.9 Å². The molecule has 0 spiro atoms. The van der Waals surface area contributed by atoms with Crippen LogP contribution in [0.2, 0.25) is 10.0 Å². The van der Waals surface area contributed by atoms with Gasteiger partial charge >= 0.3 is 6.09 Å². The van der Waals surface area contributed by atoms with Crippen LogP contribution in [0.1, 0.15) is 37.5 Å². The molecule has 3 heterocycles. The number of hydrogen-bond acceptors (Lipinski definition) is 5. The second-order valence-corrected chi connectivity index (χ2v) is 8.62. The van der Waals surface area contributed by atoms with Crippen LogP contribution < -0.4 is 10.5 Å². The van der Waals surface area contributed by atoms with Crippen molar-refractivity contribution in [1.29, 1.82) is 0 Å². The molecule has 174 valence electrons. The fraction of sp³-hybridized carbons (Fsp3) is 0.318. The Morgan fingerprint density at radius 1 is 1.27 bits per heavy atom. The zero-order valence-electron chi connectivity index (χ0n) is 17.7. The number of benzene rings is 1. The molecule has 0 aliphatic carbocycles. The van der Waals surface area contributed by atoms with Gasteiger partial charge < -0.3 is 20.5 Å². The molecule has 1 aromatic carbocycles. The monoisotopic (exact) mass is 493 g/mol. The van der Waals surface area contributed by atoms with Crippen LogP contribution in [0, 0.1) is 5.82 Å². The van der Waals surface area contributed by atoms with Crippen molar-refractivity contribution in [3.8, 4) is 16.9 Å². The van der Waals surface area contributed by atoms with Crippen LogP contribution in [0.5, 0.6) is 5.75 Å². The van der Waals surface area contributed by atoms with Crippen LogP contribution in [-0.4, -0.2) is 44.0 Å². The average molecular weight is 494 g/mol. The summed E-state index contributed by atoms with van der Waals surface area (Å²) in [6, 6.07) is 4.46. The highest BCUT2D eigenvalue weighted by atomic mass is 35.5. The summed E-state index contributed by atoms with van der Waals surface area (Å²) in [4.78, 5) is 16.7. The fourth-order valence-electron chi connectivity index (χ4n) is 3.88. The van der Waals surface area contributed by atoms with Crippen molar-refractivity contribution in [3.63, 3.8) is 0 Å². The van der Waals surface area contributed by atoms with Gasteiger partial charge in [0.2, 0.25) is 0 Å². The summed E-state index contributed by atoms with van der Waals surface area (Å²) in [5.74, 6) is -0.116. The number of ether oxygens (including phenoxy) is 1. The average Bonchev–Trinajstić information content (AvgIpc) is 3.28. The predicted molar refractivity (Wildman–Crippen MR) is 123 cm³/mol.